The summed E-state index contributed by atoms with van der Waals surface area (Å²) in [6, 6.07) is 7.52. The first kappa shape index (κ1) is 16.5. The number of halogens is 1. The van der Waals surface area contributed by atoms with E-state index in [0.717, 1.165) is 15.7 Å². The molecule has 5 aliphatic rings. The number of hydrogen-bond acceptors (Lipinski definition) is 3. The number of benzene rings is 1. The van der Waals surface area contributed by atoms with E-state index in [4.69, 9.17) is 0 Å². The van der Waals surface area contributed by atoms with Gasteiger partial charge in [0.05, 0.1) is 11.8 Å². The summed E-state index contributed by atoms with van der Waals surface area (Å²) in [5.41, 5.74) is 0.727. The molecule has 1 heterocycles. The van der Waals surface area contributed by atoms with Crippen LogP contribution in [0.3, 0.4) is 0 Å². The van der Waals surface area contributed by atoms with Crippen LogP contribution in [0.15, 0.2) is 36.4 Å². The molecule has 6 rings (SSSR count). The van der Waals surface area contributed by atoms with Gasteiger partial charge in [0.2, 0.25) is 17.7 Å². The van der Waals surface area contributed by atoms with Gasteiger partial charge in [0.25, 0.3) is 0 Å². The molecule has 3 fully saturated rings. The first-order valence-corrected chi connectivity index (χ1v) is 10.2. The standard InChI is InChI=1S/C20H19IN2O3/c21-10-1-3-11(4-2-10)22-16(24)7-8-23-19(25)17-12-5-6-13(15-9-14(12)15)18(17)20(23)26/h1-6,12-15,17-18H,7-9H2,(H,22,24)/t12-,13-,14-,15-,17-,18+/m1/s1. The Morgan fingerprint density at radius 1 is 1.04 bits per heavy atom. The van der Waals surface area contributed by atoms with Gasteiger partial charge < -0.3 is 5.32 Å². The van der Waals surface area contributed by atoms with E-state index in [1.165, 1.54) is 4.90 Å². The second kappa shape index (κ2) is 5.90. The van der Waals surface area contributed by atoms with Gasteiger partial charge in [-0.05, 0) is 76.9 Å². The Labute approximate surface area is 165 Å². The molecule has 0 unspecified atom stereocenters. The molecule has 0 aromatic heterocycles. The summed E-state index contributed by atoms with van der Waals surface area (Å²) in [6.45, 7) is 0.176. The molecular weight excluding hydrogens is 443 g/mol. The highest BCUT2D eigenvalue weighted by Crippen LogP contribution is 2.65. The van der Waals surface area contributed by atoms with Crippen LogP contribution in [0.4, 0.5) is 5.69 Å². The minimum atomic E-state index is -0.180. The zero-order valence-electron chi connectivity index (χ0n) is 14.1. The van der Waals surface area contributed by atoms with Crippen molar-refractivity contribution in [1.82, 2.24) is 4.90 Å². The van der Waals surface area contributed by atoms with Crippen molar-refractivity contribution in [3.05, 3.63) is 40.0 Å². The van der Waals surface area contributed by atoms with Crippen LogP contribution in [-0.4, -0.2) is 29.2 Å². The number of rotatable bonds is 4. The van der Waals surface area contributed by atoms with Crippen molar-refractivity contribution in [1.29, 1.82) is 0 Å². The number of carbonyl (C=O) groups excluding carboxylic acids is 3. The van der Waals surface area contributed by atoms with Crippen LogP contribution in [0.25, 0.3) is 0 Å². The predicted molar refractivity (Wildman–Crippen MR) is 104 cm³/mol. The van der Waals surface area contributed by atoms with Crippen molar-refractivity contribution in [3.63, 3.8) is 0 Å². The van der Waals surface area contributed by atoms with Crippen LogP contribution in [0.1, 0.15) is 12.8 Å². The molecule has 0 spiro atoms. The van der Waals surface area contributed by atoms with E-state index >= 15 is 0 Å². The number of hydrogen-bond donors (Lipinski definition) is 1. The van der Waals surface area contributed by atoms with E-state index in [1.54, 1.807) is 0 Å². The van der Waals surface area contributed by atoms with Crippen molar-refractivity contribution in [3.8, 4) is 0 Å². The summed E-state index contributed by atoms with van der Waals surface area (Å²) in [6.07, 6.45) is 5.63. The van der Waals surface area contributed by atoms with Gasteiger partial charge in [0.15, 0.2) is 0 Å². The van der Waals surface area contributed by atoms with Crippen LogP contribution in [0.5, 0.6) is 0 Å². The second-order valence-electron chi connectivity index (χ2n) is 7.79. The van der Waals surface area contributed by atoms with Crippen molar-refractivity contribution in [2.75, 3.05) is 11.9 Å². The summed E-state index contributed by atoms with van der Waals surface area (Å²) in [4.78, 5) is 39.3. The largest absolute Gasteiger partial charge is 0.326 e. The van der Waals surface area contributed by atoms with Gasteiger partial charge in [-0.3, -0.25) is 19.3 Å². The maximum absolute atomic E-state index is 12.9. The van der Waals surface area contributed by atoms with E-state index in [2.05, 4.69) is 40.1 Å². The average molecular weight is 462 g/mol. The lowest BCUT2D eigenvalue weighted by atomic mass is 9.63. The van der Waals surface area contributed by atoms with Gasteiger partial charge in [-0.2, -0.15) is 0 Å². The van der Waals surface area contributed by atoms with Crippen LogP contribution in [-0.2, 0) is 14.4 Å². The third-order valence-electron chi connectivity index (χ3n) is 6.44. The molecule has 1 saturated heterocycles. The topological polar surface area (TPSA) is 66.5 Å². The number of carbonyl (C=O) groups is 3. The average Bonchev–Trinajstić information content (AvgIpc) is 3.41. The highest BCUT2D eigenvalue weighted by Gasteiger charge is 2.66. The fourth-order valence-corrected chi connectivity index (χ4v) is 5.57. The number of allylic oxidation sites excluding steroid dienone is 2. The van der Waals surface area contributed by atoms with Crippen LogP contribution in [0, 0.1) is 39.1 Å². The molecule has 6 heteroatoms. The molecule has 1 aliphatic heterocycles. The lowest BCUT2D eigenvalue weighted by molar-refractivity contribution is -0.140. The molecule has 2 bridgehead atoms. The first-order valence-electron chi connectivity index (χ1n) is 9.13. The molecule has 4 aliphatic carbocycles. The Bertz CT molecular complexity index is 798. The molecule has 134 valence electrons. The third-order valence-corrected chi connectivity index (χ3v) is 7.16. The summed E-state index contributed by atoms with van der Waals surface area (Å²) < 4.78 is 1.10. The number of amides is 3. The molecule has 6 atom stereocenters. The van der Waals surface area contributed by atoms with Gasteiger partial charge in [-0.15, -0.1) is 0 Å². The second-order valence-corrected chi connectivity index (χ2v) is 9.03. The molecule has 5 nitrogen and oxygen atoms in total. The fraction of sp³-hybridized carbons (Fsp3) is 0.450. The van der Waals surface area contributed by atoms with Crippen molar-refractivity contribution < 1.29 is 14.4 Å². The first-order chi connectivity index (χ1) is 12.5. The molecule has 1 N–H and O–H groups in total. The quantitative estimate of drug-likeness (QED) is 0.425. The van der Waals surface area contributed by atoms with Gasteiger partial charge in [0, 0.05) is 22.2 Å². The van der Waals surface area contributed by atoms with E-state index in [0.29, 0.717) is 11.8 Å². The number of nitrogens with one attached hydrogen (secondary N) is 1. The number of imide groups is 1. The smallest absolute Gasteiger partial charge is 0.233 e. The van der Waals surface area contributed by atoms with Crippen molar-refractivity contribution in [2.24, 2.45) is 35.5 Å². The van der Waals surface area contributed by atoms with E-state index in [9.17, 15) is 14.4 Å². The number of anilines is 1. The summed E-state index contributed by atoms with van der Waals surface area (Å²) >= 11 is 2.21. The van der Waals surface area contributed by atoms with Crippen LogP contribution in [0.2, 0.25) is 0 Å². The predicted octanol–water partition coefficient (Wildman–Crippen LogP) is 2.67. The van der Waals surface area contributed by atoms with Crippen LogP contribution >= 0.6 is 22.6 Å². The maximum Gasteiger partial charge on any atom is 0.233 e. The summed E-state index contributed by atoms with van der Waals surface area (Å²) in [5, 5.41) is 2.83. The van der Waals surface area contributed by atoms with E-state index < -0.39 is 0 Å². The Kier molecular flexibility index (Phi) is 3.74. The molecule has 0 radical (unpaired) electrons. The van der Waals surface area contributed by atoms with Gasteiger partial charge in [0.1, 0.15) is 0 Å². The van der Waals surface area contributed by atoms with Gasteiger partial charge in [-0.1, -0.05) is 12.2 Å². The molecule has 1 aromatic carbocycles. The maximum atomic E-state index is 12.9. The Morgan fingerprint density at radius 3 is 2.19 bits per heavy atom. The zero-order valence-corrected chi connectivity index (χ0v) is 16.3. The lowest BCUT2D eigenvalue weighted by Crippen LogP contribution is -2.40. The van der Waals surface area contributed by atoms with E-state index in [1.807, 2.05) is 24.3 Å². The summed E-state index contributed by atoms with van der Waals surface area (Å²) in [7, 11) is 0. The zero-order chi connectivity index (χ0) is 18.0. The molecule has 2 saturated carbocycles. The minimum absolute atomic E-state index is 0.0632. The molecule has 26 heavy (non-hydrogen) atoms. The third kappa shape index (κ3) is 2.45. The monoisotopic (exact) mass is 462 g/mol. The van der Waals surface area contributed by atoms with Gasteiger partial charge >= 0.3 is 0 Å². The SMILES string of the molecule is O=C(CCN1C(=O)[C@@H]2[C@@H]3C=C[C@H]([C@H]4C[C@H]34)[C@@H]2C1=O)Nc1ccc(I)cc1. The normalized spacial score (nSPS) is 36.1. The van der Waals surface area contributed by atoms with Crippen molar-refractivity contribution >= 4 is 46.0 Å². The van der Waals surface area contributed by atoms with Gasteiger partial charge in [-0.25, -0.2) is 0 Å². The van der Waals surface area contributed by atoms with E-state index in [-0.39, 0.29) is 54.4 Å². The van der Waals surface area contributed by atoms with Crippen LogP contribution < -0.4 is 5.32 Å². The Morgan fingerprint density at radius 2 is 1.62 bits per heavy atom. The molecule has 3 amide bonds. The fourth-order valence-electron chi connectivity index (χ4n) is 5.21. The summed E-state index contributed by atoms with van der Waals surface area (Å²) in [5.74, 6) is 1.01. The number of likely N-dealkylation sites (tertiary alicyclic amines) is 1. The molecular formula is C20H19IN2O3. The van der Waals surface area contributed by atoms with Crippen molar-refractivity contribution in [2.45, 2.75) is 12.8 Å². The highest BCUT2D eigenvalue weighted by molar-refractivity contribution is 14.1. The Balaban J connectivity index is 1.24. The number of nitrogens with zero attached hydrogens (tertiary/aromatic N) is 1. The minimum Gasteiger partial charge on any atom is -0.326 e. The molecule has 1 aromatic rings. The highest BCUT2D eigenvalue weighted by atomic mass is 127. The Hall–Kier alpha value is -1.70. The lowest BCUT2D eigenvalue weighted by Gasteiger charge is -2.37.